The van der Waals surface area contributed by atoms with E-state index in [1.807, 2.05) is 30.7 Å². The largest absolute Gasteiger partial charge is 0.341 e. The van der Waals surface area contributed by atoms with Gasteiger partial charge in [0, 0.05) is 23.9 Å². The van der Waals surface area contributed by atoms with Gasteiger partial charge < -0.3 is 4.57 Å². The lowest BCUT2D eigenvalue weighted by Gasteiger charge is -2.09. The van der Waals surface area contributed by atoms with Gasteiger partial charge >= 0.3 is 0 Å². The SMILES string of the molecule is CC1C(=O)c2c(c3ccccc3n2C)C1C. The Morgan fingerprint density at radius 3 is 2.56 bits per heavy atom. The zero-order chi connectivity index (χ0) is 11.4. The summed E-state index contributed by atoms with van der Waals surface area (Å²) >= 11 is 0. The van der Waals surface area contributed by atoms with Gasteiger partial charge in [-0.1, -0.05) is 32.0 Å². The third kappa shape index (κ3) is 0.946. The van der Waals surface area contributed by atoms with Crippen molar-refractivity contribution >= 4 is 16.7 Å². The Morgan fingerprint density at radius 1 is 1.12 bits per heavy atom. The standard InChI is InChI=1S/C14H15NO/c1-8-9(2)14(16)13-12(8)10-6-4-5-7-11(10)15(13)3/h4-9H,1-3H3. The number of rotatable bonds is 0. The second kappa shape index (κ2) is 2.97. The molecule has 2 aromatic rings. The van der Waals surface area contributed by atoms with Crippen LogP contribution in [-0.2, 0) is 7.05 Å². The Morgan fingerprint density at radius 2 is 1.81 bits per heavy atom. The molecule has 0 amide bonds. The van der Waals surface area contributed by atoms with Gasteiger partial charge in [-0.15, -0.1) is 0 Å². The van der Waals surface area contributed by atoms with E-state index in [4.69, 9.17) is 0 Å². The Balaban J connectivity index is 2.46. The summed E-state index contributed by atoms with van der Waals surface area (Å²) in [4.78, 5) is 12.2. The number of aromatic nitrogens is 1. The molecule has 2 heteroatoms. The van der Waals surface area contributed by atoms with Crippen molar-refractivity contribution < 1.29 is 4.79 Å². The number of aryl methyl sites for hydroxylation is 1. The molecule has 2 nitrogen and oxygen atoms in total. The molecule has 0 bridgehead atoms. The van der Waals surface area contributed by atoms with Gasteiger partial charge in [-0.25, -0.2) is 0 Å². The van der Waals surface area contributed by atoms with E-state index in [1.54, 1.807) is 0 Å². The van der Waals surface area contributed by atoms with Crippen molar-refractivity contribution in [3.05, 3.63) is 35.5 Å². The summed E-state index contributed by atoms with van der Waals surface area (Å²) in [6.07, 6.45) is 0. The van der Waals surface area contributed by atoms with Crippen LogP contribution >= 0.6 is 0 Å². The lowest BCUT2D eigenvalue weighted by atomic mass is 9.94. The van der Waals surface area contributed by atoms with Gasteiger partial charge in [-0.2, -0.15) is 0 Å². The van der Waals surface area contributed by atoms with Gasteiger partial charge in [0.2, 0.25) is 0 Å². The van der Waals surface area contributed by atoms with Crippen LogP contribution in [-0.4, -0.2) is 10.4 Å². The molecule has 0 saturated carbocycles. The highest BCUT2D eigenvalue weighted by atomic mass is 16.1. The third-order valence-electron chi connectivity index (χ3n) is 4.00. The zero-order valence-electron chi connectivity index (χ0n) is 9.82. The highest BCUT2D eigenvalue weighted by molar-refractivity contribution is 6.08. The minimum atomic E-state index is 0.126. The predicted octanol–water partition coefficient (Wildman–Crippen LogP) is 3.11. The summed E-state index contributed by atoms with van der Waals surface area (Å²) < 4.78 is 2.05. The first-order chi connectivity index (χ1) is 7.63. The maximum Gasteiger partial charge on any atom is 0.182 e. The number of nitrogens with zero attached hydrogens (tertiary/aromatic N) is 1. The Labute approximate surface area is 94.9 Å². The maximum absolute atomic E-state index is 12.2. The van der Waals surface area contributed by atoms with Crippen LogP contribution in [0.15, 0.2) is 24.3 Å². The van der Waals surface area contributed by atoms with Gasteiger partial charge in [0.15, 0.2) is 5.78 Å². The van der Waals surface area contributed by atoms with Crippen molar-refractivity contribution in [2.24, 2.45) is 13.0 Å². The molecule has 0 saturated heterocycles. The summed E-state index contributed by atoms with van der Waals surface area (Å²) in [5, 5.41) is 1.24. The number of benzene rings is 1. The van der Waals surface area contributed by atoms with Gasteiger partial charge in [-0.05, 0) is 17.5 Å². The van der Waals surface area contributed by atoms with Crippen molar-refractivity contribution in [1.29, 1.82) is 0 Å². The van der Waals surface area contributed by atoms with Crippen molar-refractivity contribution in [3.8, 4) is 0 Å². The number of carbonyl (C=O) groups excluding carboxylic acids is 1. The fourth-order valence-electron chi connectivity index (χ4n) is 2.87. The molecule has 1 aromatic carbocycles. The van der Waals surface area contributed by atoms with E-state index in [-0.39, 0.29) is 5.92 Å². The number of hydrogen-bond donors (Lipinski definition) is 0. The van der Waals surface area contributed by atoms with Crippen LogP contribution in [0.3, 0.4) is 0 Å². The molecular formula is C14H15NO. The van der Waals surface area contributed by atoms with E-state index < -0.39 is 0 Å². The molecule has 0 N–H and O–H groups in total. The van der Waals surface area contributed by atoms with E-state index >= 15 is 0 Å². The average Bonchev–Trinajstić information content (AvgIpc) is 2.71. The zero-order valence-corrected chi connectivity index (χ0v) is 9.82. The number of hydrogen-bond acceptors (Lipinski definition) is 1. The summed E-state index contributed by atoms with van der Waals surface area (Å²) in [6, 6.07) is 8.27. The Kier molecular flexibility index (Phi) is 1.79. The van der Waals surface area contributed by atoms with Crippen LogP contribution in [0.1, 0.15) is 35.8 Å². The fraction of sp³-hybridized carbons (Fsp3) is 0.357. The Hall–Kier alpha value is -1.57. The first-order valence-electron chi connectivity index (χ1n) is 5.74. The van der Waals surface area contributed by atoms with Crippen molar-refractivity contribution in [3.63, 3.8) is 0 Å². The maximum atomic E-state index is 12.2. The third-order valence-corrected chi connectivity index (χ3v) is 4.00. The molecule has 1 heterocycles. The average molecular weight is 213 g/mol. The van der Waals surface area contributed by atoms with Crippen LogP contribution in [0.5, 0.6) is 0 Å². The molecule has 0 spiro atoms. The van der Waals surface area contributed by atoms with Crippen LogP contribution in [0.25, 0.3) is 10.9 Å². The van der Waals surface area contributed by atoms with Crippen LogP contribution in [0, 0.1) is 5.92 Å². The monoisotopic (exact) mass is 213 g/mol. The first-order valence-corrected chi connectivity index (χ1v) is 5.74. The van der Waals surface area contributed by atoms with E-state index in [0.29, 0.717) is 11.7 Å². The molecule has 16 heavy (non-hydrogen) atoms. The van der Waals surface area contributed by atoms with E-state index in [1.165, 1.54) is 16.5 Å². The highest BCUT2D eigenvalue weighted by Gasteiger charge is 2.38. The Bertz CT molecular complexity index is 594. The van der Waals surface area contributed by atoms with Gasteiger partial charge in [0.25, 0.3) is 0 Å². The topological polar surface area (TPSA) is 22.0 Å². The smallest absolute Gasteiger partial charge is 0.182 e. The molecule has 2 unspecified atom stereocenters. The van der Waals surface area contributed by atoms with Gasteiger partial charge in [0.1, 0.15) is 0 Å². The summed E-state index contributed by atoms with van der Waals surface area (Å²) in [5.74, 6) is 0.760. The molecule has 0 fully saturated rings. The molecular weight excluding hydrogens is 198 g/mol. The van der Waals surface area contributed by atoms with E-state index in [0.717, 1.165) is 5.69 Å². The molecule has 1 aliphatic carbocycles. The minimum Gasteiger partial charge on any atom is -0.341 e. The van der Waals surface area contributed by atoms with Crippen LogP contribution in [0.4, 0.5) is 0 Å². The summed E-state index contributed by atoms with van der Waals surface area (Å²) in [6.45, 7) is 4.18. The number of Topliss-reactive ketones (excluding diaryl/α,β-unsaturated/α-hetero) is 1. The summed E-state index contributed by atoms with van der Waals surface area (Å²) in [7, 11) is 1.99. The number of fused-ring (bicyclic) bond motifs is 3. The normalized spacial score (nSPS) is 24.1. The fourth-order valence-corrected chi connectivity index (χ4v) is 2.87. The first kappa shape index (κ1) is 9.64. The second-order valence-corrected chi connectivity index (χ2v) is 4.78. The van der Waals surface area contributed by atoms with E-state index in [9.17, 15) is 4.79 Å². The minimum absolute atomic E-state index is 0.126. The lowest BCUT2D eigenvalue weighted by molar-refractivity contribution is 0.0930. The quantitative estimate of drug-likeness (QED) is 0.659. The predicted molar refractivity (Wildman–Crippen MR) is 64.8 cm³/mol. The molecule has 0 aliphatic heterocycles. The van der Waals surface area contributed by atoms with Crippen molar-refractivity contribution in [1.82, 2.24) is 4.57 Å². The summed E-state index contributed by atoms with van der Waals surface area (Å²) in [5.41, 5.74) is 3.33. The van der Waals surface area contributed by atoms with Crippen LogP contribution < -0.4 is 0 Å². The number of para-hydroxylation sites is 1. The van der Waals surface area contributed by atoms with Gasteiger partial charge in [0.05, 0.1) is 5.69 Å². The molecule has 3 rings (SSSR count). The lowest BCUT2D eigenvalue weighted by Crippen LogP contribution is -2.10. The number of carbonyl (C=O) groups is 1. The number of ketones is 1. The molecule has 2 atom stereocenters. The molecule has 0 radical (unpaired) electrons. The highest BCUT2D eigenvalue weighted by Crippen LogP contribution is 2.42. The van der Waals surface area contributed by atoms with E-state index in [2.05, 4.69) is 19.1 Å². The molecule has 1 aliphatic rings. The molecule has 1 aromatic heterocycles. The van der Waals surface area contributed by atoms with Gasteiger partial charge in [-0.3, -0.25) is 4.79 Å². The molecule has 82 valence electrons. The van der Waals surface area contributed by atoms with Crippen LogP contribution in [0.2, 0.25) is 0 Å². The van der Waals surface area contributed by atoms with Crippen molar-refractivity contribution in [2.45, 2.75) is 19.8 Å². The van der Waals surface area contributed by atoms with Crippen molar-refractivity contribution in [2.75, 3.05) is 0 Å². The second-order valence-electron chi connectivity index (χ2n) is 4.78.